The number of aryl methyl sites for hydroxylation is 2. The van der Waals surface area contributed by atoms with Crippen molar-refractivity contribution in [2.45, 2.75) is 59.0 Å². The number of carbonyl (C=O) groups is 1. The molecule has 1 aromatic carbocycles. The number of benzene rings is 1. The minimum Gasteiger partial charge on any atom is -0.442 e. The highest BCUT2D eigenvalue weighted by Gasteiger charge is 2.11. The molecule has 21 heavy (non-hydrogen) atoms. The smallest absolute Gasteiger partial charge is 0.412 e. The van der Waals surface area contributed by atoms with Crippen molar-refractivity contribution >= 4 is 11.8 Å². The number of amides is 1. The third-order valence-corrected chi connectivity index (χ3v) is 3.33. The molecular weight excluding hydrogens is 262 g/mol. The summed E-state index contributed by atoms with van der Waals surface area (Å²) in [5.41, 5.74) is 3.00. The van der Waals surface area contributed by atoms with Crippen LogP contribution in [0.2, 0.25) is 0 Å². The van der Waals surface area contributed by atoms with Gasteiger partial charge in [-0.3, -0.25) is 5.32 Å². The van der Waals surface area contributed by atoms with Gasteiger partial charge in [-0.25, -0.2) is 4.79 Å². The van der Waals surface area contributed by atoms with Crippen LogP contribution in [0.25, 0.3) is 0 Å². The van der Waals surface area contributed by atoms with E-state index in [2.05, 4.69) is 24.9 Å². The molecule has 0 heterocycles. The van der Waals surface area contributed by atoms with Gasteiger partial charge in [0.05, 0.1) is 0 Å². The van der Waals surface area contributed by atoms with E-state index in [1.54, 1.807) is 6.08 Å². The molecule has 0 aliphatic rings. The largest absolute Gasteiger partial charge is 0.442 e. The van der Waals surface area contributed by atoms with Gasteiger partial charge in [0.1, 0.15) is 6.10 Å². The monoisotopic (exact) mass is 289 g/mol. The van der Waals surface area contributed by atoms with Crippen LogP contribution in [0.5, 0.6) is 0 Å². The highest BCUT2D eigenvalue weighted by molar-refractivity contribution is 5.85. The number of unbranched alkanes of at least 4 members (excludes halogenated alkanes) is 3. The van der Waals surface area contributed by atoms with Crippen molar-refractivity contribution in [2.75, 3.05) is 5.32 Å². The summed E-state index contributed by atoms with van der Waals surface area (Å²) >= 11 is 0. The normalized spacial score (nSPS) is 11.8. The fraction of sp³-hybridized carbons (Fsp3) is 0.500. The summed E-state index contributed by atoms with van der Waals surface area (Å²) < 4.78 is 5.40. The number of nitrogens with one attached hydrogen (secondary N) is 1. The molecule has 0 bridgehead atoms. The highest BCUT2D eigenvalue weighted by atomic mass is 16.6. The lowest BCUT2D eigenvalue weighted by Gasteiger charge is -2.15. The van der Waals surface area contributed by atoms with Crippen molar-refractivity contribution in [3.63, 3.8) is 0 Å². The van der Waals surface area contributed by atoms with E-state index >= 15 is 0 Å². The average Bonchev–Trinajstić information content (AvgIpc) is 2.41. The maximum atomic E-state index is 11.9. The molecule has 0 fully saturated rings. The second kappa shape index (κ2) is 9.22. The molecule has 0 aliphatic carbocycles. The summed E-state index contributed by atoms with van der Waals surface area (Å²) in [4.78, 5) is 11.9. The Balaban J connectivity index is 2.45. The number of hydrogen-bond donors (Lipinski definition) is 1. The maximum Gasteiger partial charge on any atom is 0.412 e. The van der Waals surface area contributed by atoms with E-state index in [-0.39, 0.29) is 6.10 Å². The Bertz CT molecular complexity index is 448. The van der Waals surface area contributed by atoms with E-state index in [1.165, 1.54) is 19.3 Å². The van der Waals surface area contributed by atoms with Crippen molar-refractivity contribution in [1.82, 2.24) is 0 Å². The van der Waals surface area contributed by atoms with Gasteiger partial charge in [-0.2, -0.15) is 0 Å². The lowest BCUT2D eigenvalue weighted by Crippen LogP contribution is -2.21. The molecule has 1 atom stereocenters. The summed E-state index contributed by atoms with van der Waals surface area (Å²) in [6, 6.07) is 5.92. The Morgan fingerprint density at radius 3 is 2.48 bits per heavy atom. The fourth-order valence-electron chi connectivity index (χ4n) is 2.33. The standard InChI is InChI=1S/C18H27NO2/c1-5-7-8-9-10-17(6-2)21-18(20)19-16-12-14(3)11-15(4)13-16/h6,11-13,17H,2,5,7-10H2,1,3-4H3,(H,19,20). The van der Waals surface area contributed by atoms with Crippen LogP contribution < -0.4 is 5.32 Å². The Hall–Kier alpha value is -1.77. The van der Waals surface area contributed by atoms with Crippen LogP contribution in [-0.4, -0.2) is 12.2 Å². The Labute approximate surface area is 128 Å². The average molecular weight is 289 g/mol. The third-order valence-electron chi connectivity index (χ3n) is 3.33. The van der Waals surface area contributed by atoms with Gasteiger partial charge >= 0.3 is 6.09 Å². The van der Waals surface area contributed by atoms with Crippen LogP contribution in [0.3, 0.4) is 0 Å². The number of carbonyl (C=O) groups excluding carboxylic acids is 1. The predicted molar refractivity (Wildman–Crippen MR) is 88.8 cm³/mol. The molecule has 0 saturated carbocycles. The van der Waals surface area contributed by atoms with Gasteiger partial charge in [-0.1, -0.05) is 44.9 Å². The molecule has 0 saturated heterocycles. The van der Waals surface area contributed by atoms with Crippen LogP contribution in [0, 0.1) is 13.8 Å². The minimum atomic E-state index is -0.416. The third kappa shape index (κ3) is 6.98. The molecule has 1 unspecified atom stereocenters. The van der Waals surface area contributed by atoms with Crippen LogP contribution in [0.15, 0.2) is 30.9 Å². The van der Waals surface area contributed by atoms with Crippen molar-refractivity contribution < 1.29 is 9.53 Å². The van der Waals surface area contributed by atoms with Crippen LogP contribution in [-0.2, 0) is 4.74 Å². The van der Waals surface area contributed by atoms with Crippen molar-refractivity contribution in [1.29, 1.82) is 0 Å². The van der Waals surface area contributed by atoms with Gasteiger partial charge in [0.2, 0.25) is 0 Å². The Kier molecular flexibility index (Phi) is 7.59. The zero-order chi connectivity index (χ0) is 15.7. The fourth-order valence-corrected chi connectivity index (χ4v) is 2.33. The van der Waals surface area contributed by atoms with Gasteiger partial charge in [-0.05, 0) is 49.9 Å². The molecule has 0 aromatic heterocycles. The van der Waals surface area contributed by atoms with E-state index in [4.69, 9.17) is 4.74 Å². The van der Waals surface area contributed by atoms with Gasteiger partial charge in [0.15, 0.2) is 0 Å². The number of hydrogen-bond acceptors (Lipinski definition) is 2. The molecule has 0 radical (unpaired) electrons. The van der Waals surface area contributed by atoms with Gasteiger partial charge in [0, 0.05) is 5.69 Å². The summed E-state index contributed by atoms with van der Waals surface area (Å²) in [5, 5.41) is 2.78. The second-order valence-electron chi connectivity index (χ2n) is 5.53. The van der Waals surface area contributed by atoms with E-state index in [9.17, 15) is 4.79 Å². The van der Waals surface area contributed by atoms with Gasteiger partial charge in [0.25, 0.3) is 0 Å². The first-order valence-electron chi connectivity index (χ1n) is 7.73. The van der Waals surface area contributed by atoms with Crippen molar-refractivity contribution in [3.05, 3.63) is 42.0 Å². The van der Waals surface area contributed by atoms with Crippen LogP contribution >= 0.6 is 0 Å². The molecule has 3 heteroatoms. The highest BCUT2D eigenvalue weighted by Crippen LogP contribution is 2.15. The molecule has 3 nitrogen and oxygen atoms in total. The summed E-state index contributed by atoms with van der Waals surface area (Å²) in [5.74, 6) is 0. The second-order valence-corrected chi connectivity index (χ2v) is 5.53. The summed E-state index contributed by atoms with van der Waals surface area (Å²) in [6.07, 6.45) is 6.56. The molecule has 0 spiro atoms. The van der Waals surface area contributed by atoms with E-state index < -0.39 is 6.09 Å². The molecule has 1 amide bonds. The van der Waals surface area contributed by atoms with Crippen molar-refractivity contribution in [3.8, 4) is 0 Å². The Morgan fingerprint density at radius 1 is 1.24 bits per heavy atom. The molecule has 1 N–H and O–H groups in total. The Morgan fingerprint density at radius 2 is 1.90 bits per heavy atom. The van der Waals surface area contributed by atoms with E-state index in [0.29, 0.717) is 0 Å². The molecule has 1 rings (SSSR count). The van der Waals surface area contributed by atoms with Gasteiger partial charge < -0.3 is 4.74 Å². The molecular formula is C18H27NO2. The predicted octanol–water partition coefficient (Wildman–Crippen LogP) is 5.38. The maximum absolute atomic E-state index is 11.9. The first-order chi connectivity index (χ1) is 10.0. The summed E-state index contributed by atoms with van der Waals surface area (Å²) in [7, 11) is 0. The lowest BCUT2D eigenvalue weighted by molar-refractivity contribution is 0.128. The number of ether oxygens (including phenoxy) is 1. The van der Waals surface area contributed by atoms with Crippen molar-refractivity contribution in [2.24, 2.45) is 0 Å². The zero-order valence-electron chi connectivity index (χ0n) is 13.4. The molecule has 0 aliphatic heterocycles. The lowest BCUT2D eigenvalue weighted by atomic mass is 10.1. The van der Waals surface area contributed by atoms with E-state index in [0.717, 1.165) is 29.7 Å². The first kappa shape index (κ1) is 17.3. The van der Waals surface area contributed by atoms with Crippen LogP contribution in [0.4, 0.5) is 10.5 Å². The first-order valence-corrected chi connectivity index (χ1v) is 7.73. The van der Waals surface area contributed by atoms with Gasteiger partial charge in [-0.15, -0.1) is 0 Å². The zero-order valence-corrected chi connectivity index (χ0v) is 13.4. The quantitative estimate of drug-likeness (QED) is 0.515. The minimum absolute atomic E-state index is 0.215. The topological polar surface area (TPSA) is 38.3 Å². The van der Waals surface area contributed by atoms with E-state index in [1.807, 2.05) is 26.0 Å². The number of anilines is 1. The van der Waals surface area contributed by atoms with Crippen LogP contribution in [0.1, 0.15) is 50.2 Å². The SMILES string of the molecule is C=CC(CCCCCC)OC(=O)Nc1cc(C)cc(C)c1. The number of rotatable bonds is 8. The molecule has 1 aromatic rings. The summed E-state index contributed by atoms with van der Waals surface area (Å²) in [6.45, 7) is 9.93. The molecule has 116 valence electrons.